The standard InChI is InChI=1S/C39H58BF2N5O4/c1-26(22-36(2,3)46-18-16-39(41,42)25-46)30(23-43)34(48)47-17-12-11-15-29(47)24-45(7)35(49)44-33(19-27-13-9-8-10-14-27)40-50-32-21-28-20-31(37(28,4)5)38(32,6)51-40/h8-10,13-14,26,28-33H,11-12,15-22,24-25H2,1-7H3,(H,44,49)/t26?,28-,29+,30?,31-,32+,33-,38-/m0/s1. The molecule has 3 aliphatic carbocycles. The van der Waals surface area contributed by atoms with Crippen LogP contribution in [0.2, 0.25) is 0 Å². The van der Waals surface area contributed by atoms with E-state index in [1.165, 1.54) is 0 Å². The zero-order valence-corrected chi connectivity index (χ0v) is 31.7. The molecule has 9 nitrogen and oxygen atoms in total. The summed E-state index contributed by atoms with van der Waals surface area (Å²) in [5.74, 6) is -3.58. The average molecular weight is 710 g/mol. The van der Waals surface area contributed by atoms with E-state index in [1.807, 2.05) is 51.1 Å². The minimum Gasteiger partial charge on any atom is -0.404 e. The number of nitrogens with one attached hydrogen (secondary N) is 1. The number of hydrogen-bond acceptors (Lipinski definition) is 6. The molecule has 12 heteroatoms. The molecule has 2 unspecified atom stereocenters. The third kappa shape index (κ3) is 7.55. The molecule has 2 bridgehead atoms. The SMILES string of the molecule is CC(CC(C)(C)N1CCC(F)(F)C1)C(C#N)C(=O)N1CCCC[C@@H]1CN(C)C(=O)N[C@@H](Cc1ccccc1)B1O[C@@H]2C[C@@H]3C[C@@H](C3(C)C)[C@]2(C)O1. The third-order valence-electron chi connectivity index (χ3n) is 13.5. The fraction of sp³-hybridized carbons (Fsp3) is 0.769. The summed E-state index contributed by atoms with van der Waals surface area (Å²) >= 11 is 0. The number of piperidine rings is 1. The Bertz CT molecular complexity index is 1470. The number of alkyl halides is 2. The van der Waals surface area contributed by atoms with Crippen LogP contribution in [-0.4, -0.2) is 102 Å². The number of amides is 3. The van der Waals surface area contributed by atoms with Crippen LogP contribution in [0.4, 0.5) is 13.6 Å². The Morgan fingerprint density at radius 1 is 1.16 bits per heavy atom. The van der Waals surface area contributed by atoms with Crippen LogP contribution in [0.25, 0.3) is 0 Å². The minimum absolute atomic E-state index is 0.00803. The zero-order valence-electron chi connectivity index (χ0n) is 31.7. The van der Waals surface area contributed by atoms with E-state index in [9.17, 15) is 23.6 Å². The number of likely N-dealkylation sites (N-methyl/N-ethyl adjacent to an activating group) is 1. The van der Waals surface area contributed by atoms with Crippen LogP contribution in [0.5, 0.6) is 0 Å². The Morgan fingerprint density at radius 3 is 2.53 bits per heavy atom. The van der Waals surface area contributed by atoms with Gasteiger partial charge >= 0.3 is 13.1 Å². The van der Waals surface area contributed by atoms with Crippen molar-refractivity contribution in [2.75, 3.05) is 33.2 Å². The lowest BCUT2D eigenvalue weighted by Crippen LogP contribution is -2.65. The van der Waals surface area contributed by atoms with E-state index in [4.69, 9.17) is 9.31 Å². The number of urea groups is 1. The van der Waals surface area contributed by atoms with Crippen molar-refractivity contribution in [3.63, 3.8) is 0 Å². The molecule has 3 amide bonds. The van der Waals surface area contributed by atoms with Crippen LogP contribution >= 0.6 is 0 Å². The van der Waals surface area contributed by atoms with Gasteiger partial charge in [0.1, 0.15) is 5.92 Å². The number of carbonyl (C=O) groups excluding carboxylic acids is 2. The summed E-state index contributed by atoms with van der Waals surface area (Å²) in [6, 6.07) is 11.8. The molecule has 0 radical (unpaired) electrons. The first-order valence-corrected chi connectivity index (χ1v) is 19.2. The van der Waals surface area contributed by atoms with Gasteiger partial charge < -0.3 is 24.4 Å². The van der Waals surface area contributed by atoms with Crippen molar-refractivity contribution in [3.8, 4) is 6.07 Å². The predicted octanol–water partition coefficient (Wildman–Crippen LogP) is 6.17. The Kier molecular flexibility index (Phi) is 10.6. The topological polar surface area (TPSA) is 98.1 Å². The maximum atomic E-state index is 14.0. The number of hydrogen-bond donors (Lipinski definition) is 1. The summed E-state index contributed by atoms with van der Waals surface area (Å²) in [5.41, 5.74) is 0.295. The van der Waals surface area contributed by atoms with Crippen LogP contribution in [0.1, 0.15) is 92.1 Å². The third-order valence-corrected chi connectivity index (χ3v) is 13.5. The summed E-state index contributed by atoms with van der Waals surface area (Å²) in [6.07, 6.45) is 5.39. The number of rotatable bonds is 11. The smallest absolute Gasteiger partial charge is 0.404 e. The highest BCUT2D eigenvalue weighted by atomic mass is 19.3. The summed E-state index contributed by atoms with van der Waals surface area (Å²) in [6.45, 7) is 13.4. The molecule has 280 valence electrons. The van der Waals surface area contributed by atoms with Crippen molar-refractivity contribution in [2.45, 2.75) is 128 Å². The van der Waals surface area contributed by atoms with E-state index in [-0.39, 0.29) is 48.4 Å². The Hall–Kier alpha value is -2.75. The summed E-state index contributed by atoms with van der Waals surface area (Å²) in [5, 5.41) is 13.5. The predicted molar refractivity (Wildman–Crippen MR) is 193 cm³/mol. The molecule has 7 rings (SSSR count). The molecule has 6 aliphatic rings. The molecule has 3 saturated carbocycles. The fourth-order valence-electron chi connectivity index (χ4n) is 10.2. The lowest BCUT2D eigenvalue weighted by atomic mass is 9.43. The molecule has 1 aromatic rings. The van der Waals surface area contributed by atoms with Gasteiger partial charge in [-0.1, -0.05) is 51.1 Å². The molecule has 1 aromatic carbocycles. The highest BCUT2D eigenvalue weighted by molar-refractivity contribution is 6.48. The number of likely N-dealkylation sites (tertiary alicyclic amines) is 2. The number of halogens is 2. The molecule has 51 heavy (non-hydrogen) atoms. The molecule has 3 saturated heterocycles. The zero-order chi connectivity index (χ0) is 36.9. The lowest BCUT2D eigenvalue weighted by molar-refractivity contribution is -0.199. The van der Waals surface area contributed by atoms with Gasteiger partial charge in [0.15, 0.2) is 0 Å². The number of carbonyl (C=O) groups is 2. The van der Waals surface area contributed by atoms with Gasteiger partial charge in [-0.25, -0.2) is 13.6 Å². The Balaban J connectivity index is 1.11. The first kappa shape index (κ1) is 38.0. The molecule has 3 heterocycles. The van der Waals surface area contributed by atoms with Gasteiger partial charge in [0, 0.05) is 44.7 Å². The summed E-state index contributed by atoms with van der Waals surface area (Å²) < 4.78 is 41.5. The first-order chi connectivity index (χ1) is 23.9. The Morgan fingerprint density at radius 2 is 1.88 bits per heavy atom. The van der Waals surface area contributed by atoms with E-state index in [1.54, 1.807) is 21.7 Å². The second-order valence-electron chi connectivity index (χ2n) is 17.8. The van der Waals surface area contributed by atoms with Gasteiger partial charge in [0.25, 0.3) is 5.92 Å². The van der Waals surface area contributed by atoms with Crippen LogP contribution in [-0.2, 0) is 20.5 Å². The molecule has 0 aromatic heterocycles. The molecule has 3 aliphatic heterocycles. The fourth-order valence-corrected chi connectivity index (χ4v) is 10.2. The summed E-state index contributed by atoms with van der Waals surface area (Å²) in [7, 11) is 1.16. The van der Waals surface area contributed by atoms with Crippen LogP contribution in [0.15, 0.2) is 30.3 Å². The van der Waals surface area contributed by atoms with E-state index in [0.717, 1.165) is 37.7 Å². The minimum atomic E-state index is -2.71. The quantitative estimate of drug-likeness (QED) is 0.276. The normalized spacial score (nSPS) is 31.5. The number of nitrogens with zero attached hydrogens (tertiary/aromatic N) is 4. The van der Waals surface area contributed by atoms with Gasteiger partial charge in [-0.3, -0.25) is 9.69 Å². The second-order valence-corrected chi connectivity index (χ2v) is 17.8. The maximum Gasteiger partial charge on any atom is 0.482 e. The second kappa shape index (κ2) is 14.2. The van der Waals surface area contributed by atoms with Crippen molar-refractivity contribution in [2.24, 2.45) is 29.1 Å². The molecule has 8 atom stereocenters. The van der Waals surface area contributed by atoms with Gasteiger partial charge in [0.2, 0.25) is 5.91 Å². The molecular weight excluding hydrogens is 651 g/mol. The van der Waals surface area contributed by atoms with Crippen molar-refractivity contribution in [1.82, 2.24) is 20.0 Å². The van der Waals surface area contributed by atoms with Gasteiger partial charge in [-0.15, -0.1) is 0 Å². The first-order valence-electron chi connectivity index (χ1n) is 19.2. The van der Waals surface area contributed by atoms with Gasteiger partial charge in [-0.2, -0.15) is 5.26 Å². The highest BCUT2D eigenvalue weighted by Crippen LogP contribution is 2.65. The van der Waals surface area contributed by atoms with Crippen LogP contribution in [0, 0.1) is 40.4 Å². The monoisotopic (exact) mass is 709 g/mol. The van der Waals surface area contributed by atoms with Crippen molar-refractivity contribution in [3.05, 3.63) is 35.9 Å². The van der Waals surface area contributed by atoms with Crippen molar-refractivity contribution < 1.29 is 27.7 Å². The molecule has 6 fully saturated rings. The van der Waals surface area contributed by atoms with E-state index in [2.05, 4.69) is 32.2 Å². The lowest BCUT2D eigenvalue weighted by Gasteiger charge is -2.64. The Labute approximate surface area is 303 Å². The number of benzene rings is 1. The molecule has 0 spiro atoms. The van der Waals surface area contributed by atoms with E-state index in [0.29, 0.717) is 44.3 Å². The van der Waals surface area contributed by atoms with E-state index < -0.39 is 36.0 Å². The summed E-state index contributed by atoms with van der Waals surface area (Å²) in [4.78, 5) is 33.2. The average Bonchev–Trinajstić information content (AvgIpc) is 3.64. The van der Waals surface area contributed by atoms with Crippen LogP contribution < -0.4 is 5.32 Å². The number of nitriles is 1. The van der Waals surface area contributed by atoms with Gasteiger partial charge in [-0.05, 0) is 94.4 Å². The van der Waals surface area contributed by atoms with Crippen LogP contribution in [0.3, 0.4) is 0 Å². The highest BCUT2D eigenvalue weighted by Gasteiger charge is 2.68. The molecular formula is C39H58BF2N5O4. The largest absolute Gasteiger partial charge is 0.482 e. The van der Waals surface area contributed by atoms with Crippen molar-refractivity contribution in [1.29, 1.82) is 5.26 Å². The van der Waals surface area contributed by atoms with E-state index >= 15 is 0 Å². The maximum absolute atomic E-state index is 14.0. The van der Waals surface area contributed by atoms with Crippen molar-refractivity contribution >= 4 is 19.1 Å². The van der Waals surface area contributed by atoms with Gasteiger partial charge in [0.05, 0.1) is 30.3 Å². The molecule has 1 N–H and O–H groups in total.